The van der Waals surface area contributed by atoms with Crippen LogP contribution in [0.2, 0.25) is 0 Å². The Kier molecular flexibility index (Phi) is 3.74. The van der Waals surface area contributed by atoms with Gasteiger partial charge in [0.25, 0.3) is 0 Å². The Labute approximate surface area is 118 Å². The van der Waals surface area contributed by atoms with E-state index in [9.17, 15) is 4.39 Å². The molecule has 0 spiro atoms. The van der Waals surface area contributed by atoms with Crippen LogP contribution in [0.25, 0.3) is 0 Å². The number of halogens is 1. The van der Waals surface area contributed by atoms with Crippen molar-refractivity contribution in [3.8, 4) is 0 Å². The summed E-state index contributed by atoms with van der Waals surface area (Å²) in [5, 5.41) is 3.49. The van der Waals surface area contributed by atoms with E-state index in [1.807, 2.05) is 25.3 Å². The average Bonchev–Trinajstić information content (AvgIpc) is 2.41. The number of nitrogens with one attached hydrogen (secondary N) is 1. The maximum atomic E-state index is 12.9. The van der Waals surface area contributed by atoms with Crippen LogP contribution in [-0.4, -0.2) is 16.0 Å². The Balaban J connectivity index is 1.46. The normalized spacial score (nSPS) is 21.5. The first-order chi connectivity index (χ1) is 9.70. The van der Waals surface area contributed by atoms with Crippen molar-refractivity contribution < 1.29 is 4.39 Å². The highest BCUT2D eigenvalue weighted by Gasteiger charge is 2.29. The molecule has 0 atom stereocenters. The molecule has 3 rings (SSSR count). The van der Waals surface area contributed by atoms with Crippen LogP contribution in [0.4, 0.5) is 4.39 Å². The van der Waals surface area contributed by atoms with E-state index in [1.165, 1.54) is 17.7 Å². The van der Waals surface area contributed by atoms with E-state index in [-0.39, 0.29) is 5.82 Å². The number of rotatable bonds is 4. The Morgan fingerprint density at radius 3 is 2.55 bits per heavy atom. The molecule has 1 aliphatic carbocycles. The zero-order valence-corrected chi connectivity index (χ0v) is 11.5. The fourth-order valence-corrected chi connectivity index (χ4v) is 2.55. The van der Waals surface area contributed by atoms with Crippen molar-refractivity contribution in [1.82, 2.24) is 15.3 Å². The number of aryl methyl sites for hydroxylation is 1. The maximum absolute atomic E-state index is 12.9. The standard InChI is InChI=1S/C16H18FN3/c1-11-8-19-16(9-18-11)10-20-15-6-13(7-15)12-2-4-14(17)5-3-12/h2-5,8-9,13,15,20H,6-7,10H2,1H3. The molecular weight excluding hydrogens is 253 g/mol. The fourth-order valence-electron chi connectivity index (χ4n) is 2.55. The Bertz CT molecular complexity index is 557. The minimum Gasteiger partial charge on any atom is -0.308 e. The van der Waals surface area contributed by atoms with E-state index >= 15 is 0 Å². The fraction of sp³-hybridized carbons (Fsp3) is 0.375. The summed E-state index contributed by atoms with van der Waals surface area (Å²) in [5.41, 5.74) is 3.15. The molecule has 0 aliphatic heterocycles. The summed E-state index contributed by atoms with van der Waals surface area (Å²) >= 11 is 0. The SMILES string of the molecule is Cc1cnc(CNC2CC(c3ccc(F)cc3)C2)cn1. The van der Waals surface area contributed by atoms with Gasteiger partial charge in [-0.05, 0) is 43.4 Å². The summed E-state index contributed by atoms with van der Waals surface area (Å²) in [6, 6.07) is 7.38. The molecule has 20 heavy (non-hydrogen) atoms. The first kappa shape index (κ1) is 13.2. The lowest BCUT2D eigenvalue weighted by Crippen LogP contribution is -2.39. The third-order valence-electron chi connectivity index (χ3n) is 3.89. The van der Waals surface area contributed by atoms with Gasteiger partial charge in [-0.15, -0.1) is 0 Å². The lowest BCUT2D eigenvalue weighted by molar-refractivity contribution is 0.288. The van der Waals surface area contributed by atoms with E-state index in [2.05, 4.69) is 15.3 Å². The number of benzene rings is 1. The van der Waals surface area contributed by atoms with Gasteiger partial charge in [0.1, 0.15) is 5.82 Å². The second-order valence-corrected chi connectivity index (χ2v) is 5.45. The van der Waals surface area contributed by atoms with Gasteiger partial charge in [-0.1, -0.05) is 12.1 Å². The summed E-state index contributed by atoms with van der Waals surface area (Å²) in [4.78, 5) is 8.56. The molecule has 3 nitrogen and oxygen atoms in total. The Hall–Kier alpha value is -1.81. The molecule has 1 aliphatic rings. The van der Waals surface area contributed by atoms with E-state index in [0.29, 0.717) is 12.0 Å². The number of nitrogens with zero attached hydrogens (tertiary/aromatic N) is 2. The number of hydrogen-bond donors (Lipinski definition) is 1. The van der Waals surface area contributed by atoms with Gasteiger partial charge in [-0.2, -0.15) is 0 Å². The zero-order valence-electron chi connectivity index (χ0n) is 11.5. The highest BCUT2D eigenvalue weighted by Crippen LogP contribution is 2.36. The Morgan fingerprint density at radius 2 is 1.90 bits per heavy atom. The highest BCUT2D eigenvalue weighted by molar-refractivity contribution is 5.23. The molecule has 104 valence electrons. The average molecular weight is 271 g/mol. The summed E-state index contributed by atoms with van der Waals surface area (Å²) in [5.74, 6) is 0.387. The van der Waals surface area contributed by atoms with E-state index in [4.69, 9.17) is 0 Å². The molecule has 0 unspecified atom stereocenters. The van der Waals surface area contributed by atoms with E-state index in [1.54, 1.807) is 6.20 Å². The molecule has 0 saturated heterocycles. The van der Waals surface area contributed by atoms with Crippen molar-refractivity contribution in [3.63, 3.8) is 0 Å². The molecule has 0 bridgehead atoms. The molecule has 1 aromatic heterocycles. The molecule has 0 radical (unpaired) electrons. The van der Waals surface area contributed by atoms with Crippen LogP contribution < -0.4 is 5.32 Å². The minimum absolute atomic E-state index is 0.166. The molecule has 4 heteroatoms. The highest BCUT2D eigenvalue weighted by atomic mass is 19.1. The predicted octanol–water partition coefficient (Wildman–Crippen LogP) is 2.96. The maximum Gasteiger partial charge on any atom is 0.123 e. The second-order valence-electron chi connectivity index (χ2n) is 5.45. The van der Waals surface area contributed by atoms with Gasteiger partial charge >= 0.3 is 0 Å². The zero-order chi connectivity index (χ0) is 13.9. The minimum atomic E-state index is -0.166. The van der Waals surface area contributed by atoms with Crippen LogP contribution in [0.15, 0.2) is 36.7 Å². The third kappa shape index (κ3) is 3.02. The smallest absolute Gasteiger partial charge is 0.123 e. The largest absolute Gasteiger partial charge is 0.308 e. The lowest BCUT2D eigenvalue weighted by Gasteiger charge is -2.36. The van der Waals surface area contributed by atoms with Crippen molar-refractivity contribution in [2.24, 2.45) is 0 Å². The molecule has 1 aromatic carbocycles. The topological polar surface area (TPSA) is 37.8 Å². The van der Waals surface area contributed by atoms with Crippen molar-refractivity contribution in [1.29, 1.82) is 0 Å². The summed E-state index contributed by atoms with van der Waals surface area (Å²) in [7, 11) is 0. The van der Waals surface area contributed by atoms with Gasteiger partial charge in [-0.3, -0.25) is 9.97 Å². The molecule has 0 amide bonds. The molecule has 1 saturated carbocycles. The summed E-state index contributed by atoms with van der Waals surface area (Å²) in [6.07, 6.45) is 5.81. The lowest BCUT2D eigenvalue weighted by atomic mass is 9.76. The van der Waals surface area contributed by atoms with Crippen LogP contribution in [0, 0.1) is 12.7 Å². The van der Waals surface area contributed by atoms with Crippen molar-refractivity contribution in [2.75, 3.05) is 0 Å². The quantitative estimate of drug-likeness (QED) is 0.929. The van der Waals surface area contributed by atoms with Gasteiger partial charge in [0, 0.05) is 25.0 Å². The third-order valence-corrected chi connectivity index (χ3v) is 3.89. The van der Waals surface area contributed by atoms with Crippen molar-refractivity contribution >= 4 is 0 Å². The number of aromatic nitrogens is 2. The molecule has 1 N–H and O–H groups in total. The first-order valence-corrected chi connectivity index (χ1v) is 6.97. The number of hydrogen-bond acceptors (Lipinski definition) is 3. The van der Waals surface area contributed by atoms with Crippen LogP contribution in [0.5, 0.6) is 0 Å². The second kappa shape index (κ2) is 5.67. The molecule has 1 heterocycles. The Morgan fingerprint density at radius 1 is 1.15 bits per heavy atom. The van der Waals surface area contributed by atoms with Crippen molar-refractivity contribution in [2.45, 2.75) is 38.3 Å². The first-order valence-electron chi connectivity index (χ1n) is 6.97. The van der Waals surface area contributed by atoms with Crippen LogP contribution >= 0.6 is 0 Å². The van der Waals surface area contributed by atoms with Crippen molar-refractivity contribution in [3.05, 3.63) is 59.4 Å². The molecule has 1 fully saturated rings. The van der Waals surface area contributed by atoms with Gasteiger partial charge in [0.15, 0.2) is 0 Å². The van der Waals surface area contributed by atoms with E-state index in [0.717, 1.165) is 30.8 Å². The van der Waals surface area contributed by atoms with E-state index < -0.39 is 0 Å². The molecular formula is C16H18FN3. The predicted molar refractivity (Wildman–Crippen MR) is 75.8 cm³/mol. The summed E-state index contributed by atoms with van der Waals surface area (Å²) in [6.45, 7) is 2.69. The van der Waals surface area contributed by atoms with Gasteiger partial charge < -0.3 is 5.32 Å². The summed E-state index contributed by atoms with van der Waals surface area (Å²) < 4.78 is 12.9. The van der Waals surface area contributed by atoms with Gasteiger partial charge in [-0.25, -0.2) is 4.39 Å². The molecule has 2 aromatic rings. The van der Waals surface area contributed by atoms with Crippen LogP contribution in [0.1, 0.15) is 35.7 Å². The van der Waals surface area contributed by atoms with Crippen LogP contribution in [-0.2, 0) is 6.54 Å². The van der Waals surface area contributed by atoms with Crippen LogP contribution in [0.3, 0.4) is 0 Å². The monoisotopic (exact) mass is 271 g/mol. The van der Waals surface area contributed by atoms with Gasteiger partial charge in [0.05, 0.1) is 11.4 Å². The van der Waals surface area contributed by atoms with Gasteiger partial charge in [0.2, 0.25) is 0 Å².